The van der Waals surface area contributed by atoms with E-state index in [1.807, 2.05) is 30.3 Å². The maximum atomic E-state index is 10.8. The summed E-state index contributed by atoms with van der Waals surface area (Å²) in [4.78, 5) is 12.2. The molecule has 0 bridgehead atoms. The third kappa shape index (κ3) is 2.37. The van der Waals surface area contributed by atoms with Gasteiger partial charge in [-0.3, -0.25) is 4.79 Å². The molecular formula is C14H9BrN4O. The molecule has 0 fully saturated rings. The maximum Gasteiger partial charge on any atom is 0.205 e. The fourth-order valence-corrected chi connectivity index (χ4v) is 2.22. The van der Waals surface area contributed by atoms with Gasteiger partial charge < -0.3 is 0 Å². The van der Waals surface area contributed by atoms with Crippen molar-refractivity contribution < 1.29 is 4.79 Å². The molecule has 1 aromatic heterocycles. The van der Waals surface area contributed by atoms with Gasteiger partial charge in [-0.05, 0) is 39.3 Å². The summed E-state index contributed by atoms with van der Waals surface area (Å²) < 4.78 is 0.698. The Balaban J connectivity index is 1.98. The third-order valence-corrected chi connectivity index (χ3v) is 3.47. The van der Waals surface area contributed by atoms with Gasteiger partial charge in [0.1, 0.15) is 0 Å². The molecule has 0 unspecified atom stereocenters. The van der Waals surface area contributed by atoms with E-state index in [0.717, 1.165) is 17.5 Å². The number of aromatic nitrogens is 4. The second-order valence-electron chi connectivity index (χ2n) is 4.09. The van der Waals surface area contributed by atoms with Crippen molar-refractivity contribution >= 4 is 22.2 Å². The predicted molar refractivity (Wildman–Crippen MR) is 77.7 cm³/mol. The molecular weight excluding hydrogens is 320 g/mol. The van der Waals surface area contributed by atoms with Gasteiger partial charge in [0.25, 0.3) is 0 Å². The SMILES string of the molecule is O=Cc1ccc(-n2nnc(-c3ccccc3)n2)cc1Br. The Morgan fingerprint density at radius 3 is 2.60 bits per heavy atom. The van der Waals surface area contributed by atoms with Crippen LogP contribution in [0.4, 0.5) is 0 Å². The van der Waals surface area contributed by atoms with E-state index in [9.17, 15) is 4.79 Å². The fraction of sp³-hybridized carbons (Fsp3) is 0. The molecule has 0 saturated carbocycles. The summed E-state index contributed by atoms with van der Waals surface area (Å²) >= 11 is 3.34. The first kappa shape index (κ1) is 12.7. The summed E-state index contributed by atoms with van der Waals surface area (Å²) in [6.45, 7) is 0. The van der Waals surface area contributed by atoms with Crippen molar-refractivity contribution in [2.24, 2.45) is 0 Å². The van der Waals surface area contributed by atoms with Crippen LogP contribution in [0.3, 0.4) is 0 Å². The second-order valence-corrected chi connectivity index (χ2v) is 4.95. The zero-order valence-corrected chi connectivity index (χ0v) is 11.9. The molecule has 5 nitrogen and oxygen atoms in total. The number of benzene rings is 2. The lowest BCUT2D eigenvalue weighted by Crippen LogP contribution is -1.99. The molecule has 0 amide bonds. The minimum absolute atomic E-state index is 0.557. The highest BCUT2D eigenvalue weighted by Crippen LogP contribution is 2.19. The summed E-state index contributed by atoms with van der Waals surface area (Å²) in [5.41, 5.74) is 2.22. The van der Waals surface area contributed by atoms with Crippen LogP contribution in [0.1, 0.15) is 10.4 Å². The molecule has 6 heteroatoms. The molecule has 0 aliphatic rings. The summed E-state index contributed by atoms with van der Waals surface area (Å²) in [6.07, 6.45) is 0.790. The van der Waals surface area contributed by atoms with Crippen LogP contribution < -0.4 is 0 Å². The van der Waals surface area contributed by atoms with Crippen LogP contribution in [0.5, 0.6) is 0 Å². The summed E-state index contributed by atoms with van der Waals surface area (Å²) in [6, 6.07) is 14.9. The Morgan fingerprint density at radius 2 is 1.90 bits per heavy atom. The first-order chi connectivity index (χ1) is 9.78. The van der Waals surface area contributed by atoms with E-state index in [1.165, 1.54) is 4.80 Å². The van der Waals surface area contributed by atoms with Gasteiger partial charge in [0.2, 0.25) is 5.82 Å². The Hall–Kier alpha value is -2.34. The van der Waals surface area contributed by atoms with Gasteiger partial charge in [0.15, 0.2) is 6.29 Å². The number of tetrazole rings is 1. The lowest BCUT2D eigenvalue weighted by atomic mass is 10.2. The molecule has 0 aliphatic heterocycles. The van der Waals surface area contributed by atoms with E-state index in [0.29, 0.717) is 15.9 Å². The van der Waals surface area contributed by atoms with E-state index in [2.05, 4.69) is 31.3 Å². The average Bonchev–Trinajstić information content (AvgIpc) is 2.98. The molecule has 0 spiro atoms. The van der Waals surface area contributed by atoms with Gasteiger partial charge in [0.05, 0.1) is 5.69 Å². The van der Waals surface area contributed by atoms with Gasteiger partial charge >= 0.3 is 0 Å². The van der Waals surface area contributed by atoms with Gasteiger partial charge in [0, 0.05) is 15.6 Å². The molecule has 0 radical (unpaired) electrons. The summed E-state index contributed by atoms with van der Waals surface area (Å²) in [5, 5.41) is 12.4. The smallest absolute Gasteiger partial charge is 0.205 e. The molecule has 0 aliphatic carbocycles. The van der Waals surface area contributed by atoms with Crippen molar-refractivity contribution in [1.29, 1.82) is 0 Å². The molecule has 0 atom stereocenters. The third-order valence-electron chi connectivity index (χ3n) is 2.79. The molecule has 3 aromatic rings. The number of aldehydes is 1. The Kier molecular flexibility index (Phi) is 3.39. The van der Waals surface area contributed by atoms with Gasteiger partial charge in [-0.2, -0.15) is 0 Å². The van der Waals surface area contributed by atoms with Crippen LogP contribution in [-0.2, 0) is 0 Å². The molecule has 20 heavy (non-hydrogen) atoms. The number of carbonyl (C=O) groups excluding carboxylic acids is 1. The highest BCUT2D eigenvalue weighted by Gasteiger charge is 2.08. The van der Waals surface area contributed by atoms with E-state index >= 15 is 0 Å². The van der Waals surface area contributed by atoms with Crippen LogP contribution in [0.25, 0.3) is 17.1 Å². The van der Waals surface area contributed by atoms with Crippen molar-refractivity contribution in [3.05, 3.63) is 58.6 Å². The molecule has 0 N–H and O–H groups in total. The van der Waals surface area contributed by atoms with E-state index < -0.39 is 0 Å². The predicted octanol–water partition coefficient (Wildman–Crippen LogP) is 2.90. The summed E-state index contributed by atoms with van der Waals surface area (Å²) in [5.74, 6) is 0.557. The number of carbonyl (C=O) groups is 1. The van der Waals surface area contributed by atoms with E-state index in [-0.39, 0.29) is 0 Å². The van der Waals surface area contributed by atoms with E-state index in [1.54, 1.807) is 18.2 Å². The highest BCUT2D eigenvalue weighted by molar-refractivity contribution is 9.10. The largest absolute Gasteiger partial charge is 0.298 e. The number of rotatable bonds is 3. The normalized spacial score (nSPS) is 10.4. The number of hydrogen-bond acceptors (Lipinski definition) is 4. The standard InChI is InChI=1S/C14H9BrN4O/c15-13-8-12(7-6-11(13)9-20)19-17-14(16-18-19)10-4-2-1-3-5-10/h1-9H. The Labute approximate surface area is 123 Å². The van der Waals surface area contributed by atoms with Crippen LogP contribution in [0.2, 0.25) is 0 Å². The van der Waals surface area contributed by atoms with Crippen LogP contribution in [-0.4, -0.2) is 26.5 Å². The number of halogens is 1. The molecule has 1 heterocycles. The zero-order valence-electron chi connectivity index (χ0n) is 10.3. The first-order valence-electron chi connectivity index (χ1n) is 5.88. The average molecular weight is 329 g/mol. The first-order valence-corrected chi connectivity index (χ1v) is 6.68. The Morgan fingerprint density at radius 1 is 1.10 bits per heavy atom. The van der Waals surface area contributed by atoms with Crippen LogP contribution in [0.15, 0.2) is 53.0 Å². The Bertz CT molecular complexity index is 755. The minimum Gasteiger partial charge on any atom is -0.298 e. The second kappa shape index (κ2) is 5.34. The quantitative estimate of drug-likeness (QED) is 0.693. The summed E-state index contributed by atoms with van der Waals surface area (Å²) in [7, 11) is 0. The highest BCUT2D eigenvalue weighted by atomic mass is 79.9. The monoisotopic (exact) mass is 328 g/mol. The van der Waals surface area contributed by atoms with Crippen molar-refractivity contribution in [2.75, 3.05) is 0 Å². The molecule has 98 valence electrons. The molecule has 3 rings (SSSR count). The molecule has 2 aromatic carbocycles. The number of nitrogens with zero attached hydrogens (tertiary/aromatic N) is 4. The topological polar surface area (TPSA) is 60.7 Å². The number of hydrogen-bond donors (Lipinski definition) is 0. The lowest BCUT2D eigenvalue weighted by molar-refractivity contribution is 0.112. The molecule has 0 saturated heterocycles. The van der Waals surface area contributed by atoms with Gasteiger partial charge in [-0.1, -0.05) is 30.3 Å². The van der Waals surface area contributed by atoms with E-state index in [4.69, 9.17) is 0 Å². The lowest BCUT2D eigenvalue weighted by Gasteiger charge is -2.01. The van der Waals surface area contributed by atoms with Crippen molar-refractivity contribution in [3.8, 4) is 17.1 Å². The van der Waals surface area contributed by atoms with Gasteiger partial charge in [-0.25, -0.2) is 0 Å². The minimum atomic E-state index is 0.557. The zero-order chi connectivity index (χ0) is 13.9. The fourth-order valence-electron chi connectivity index (χ4n) is 1.76. The van der Waals surface area contributed by atoms with Crippen LogP contribution in [0, 0.1) is 0 Å². The van der Waals surface area contributed by atoms with Crippen LogP contribution >= 0.6 is 15.9 Å². The van der Waals surface area contributed by atoms with Crippen molar-refractivity contribution in [3.63, 3.8) is 0 Å². The maximum absolute atomic E-state index is 10.8. The van der Waals surface area contributed by atoms with Gasteiger partial charge in [-0.15, -0.1) is 15.0 Å². The van der Waals surface area contributed by atoms with Crippen molar-refractivity contribution in [2.45, 2.75) is 0 Å². The van der Waals surface area contributed by atoms with Crippen molar-refractivity contribution in [1.82, 2.24) is 20.2 Å².